The van der Waals surface area contributed by atoms with Gasteiger partial charge in [0, 0.05) is 0 Å². The summed E-state index contributed by atoms with van der Waals surface area (Å²) in [7, 11) is 0. The van der Waals surface area contributed by atoms with Gasteiger partial charge in [-0.2, -0.15) is 60.0 Å². The van der Waals surface area contributed by atoms with Crippen LogP contribution in [0.2, 0.25) is 0 Å². The van der Waals surface area contributed by atoms with Crippen LogP contribution >= 0.6 is 0 Å². The van der Waals surface area contributed by atoms with Gasteiger partial charge in [0.1, 0.15) is 0 Å². The smallest absolute Gasteiger partial charge is 0.665 e. The summed E-state index contributed by atoms with van der Waals surface area (Å²) in [4.78, 5) is 9.65. The molecule has 2 aromatic carbocycles. The van der Waals surface area contributed by atoms with E-state index in [1.54, 1.807) is 37.2 Å². The summed E-state index contributed by atoms with van der Waals surface area (Å²) >= 11 is 0. The molecule has 8 nitrogen and oxygen atoms in total. The number of nitrogens with zero attached hydrogens (tertiary/aromatic N) is 8. The number of para-hydroxylation sites is 2. The Balaban J connectivity index is 0.000000132. The van der Waals surface area contributed by atoms with Gasteiger partial charge in [0.15, 0.2) is 0 Å². The molecule has 0 fully saturated rings. The van der Waals surface area contributed by atoms with Crippen molar-refractivity contribution in [2.75, 3.05) is 0 Å². The first kappa shape index (κ1) is 31.1. The zero-order valence-electron chi connectivity index (χ0n) is 24.9. The van der Waals surface area contributed by atoms with E-state index in [0.717, 1.165) is 66.7 Å². The molecule has 1 aromatic heterocycles. The number of hydrogen-bond donors (Lipinski definition) is 0. The van der Waals surface area contributed by atoms with Gasteiger partial charge in [-0.1, -0.05) is 109 Å². The Labute approximate surface area is 285 Å². The molecular formula is C38H26N8Ru+2. The molecule has 0 saturated heterocycles. The second-order valence-electron chi connectivity index (χ2n) is 10.1. The monoisotopic (exact) mass is 696 g/mol. The molecule has 0 unspecified atom stereocenters. The minimum absolute atomic E-state index is 0. The summed E-state index contributed by atoms with van der Waals surface area (Å²) in [6.07, 6.45) is 41.7. The Hall–Kier alpha value is -5.92. The van der Waals surface area contributed by atoms with Crippen LogP contribution in [-0.4, -0.2) is 9.97 Å². The van der Waals surface area contributed by atoms with E-state index in [0.29, 0.717) is 0 Å². The SMILES string of the molecule is C1=C[N-]/C(=C2/C=CC=C[N-]2)C=C1.C1=C[N-]/C(=C2/C=CC=C[N-]2)C=C1.C1=C[N-]c2c3c(c4nc5ccccc5nc4c2=C1)=CC=C[N-]3.[Ru+8]. The van der Waals surface area contributed by atoms with E-state index in [2.05, 4.69) is 31.9 Å². The molecule has 0 N–H and O–H groups in total. The van der Waals surface area contributed by atoms with Crippen molar-refractivity contribution in [3.63, 3.8) is 0 Å². The van der Waals surface area contributed by atoms with E-state index < -0.39 is 0 Å². The maximum absolute atomic E-state index is 4.83. The van der Waals surface area contributed by atoms with Crippen LogP contribution in [-0.2, 0) is 19.5 Å². The molecule has 0 radical (unpaired) electrons. The Morgan fingerprint density at radius 2 is 0.723 bits per heavy atom. The van der Waals surface area contributed by atoms with Crippen molar-refractivity contribution in [1.29, 1.82) is 0 Å². The van der Waals surface area contributed by atoms with E-state index in [4.69, 9.17) is 9.97 Å². The van der Waals surface area contributed by atoms with Gasteiger partial charge in [0.2, 0.25) is 0 Å². The predicted octanol–water partition coefficient (Wildman–Crippen LogP) is 9.63. The fourth-order valence-electron chi connectivity index (χ4n) is 5.00. The molecule has 224 valence electrons. The number of allylic oxidation sites excluding steroid dienone is 14. The molecule has 6 aliphatic rings. The van der Waals surface area contributed by atoms with Gasteiger partial charge in [0.05, 0.1) is 22.1 Å². The molecule has 6 aliphatic heterocycles. The van der Waals surface area contributed by atoms with Crippen LogP contribution in [0.5, 0.6) is 0 Å². The van der Waals surface area contributed by atoms with Gasteiger partial charge in [0.25, 0.3) is 0 Å². The second-order valence-corrected chi connectivity index (χ2v) is 10.1. The molecule has 0 aliphatic carbocycles. The van der Waals surface area contributed by atoms with Crippen LogP contribution in [0.25, 0.3) is 66.1 Å². The zero-order valence-corrected chi connectivity index (χ0v) is 26.7. The van der Waals surface area contributed by atoms with Gasteiger partial charge in [-0.25, -0.2) is 9.97 Å². The van der Waals surface area contributed by atoms with Crippen molar-refractivity contribution in [1.82, 2.24) is 9.97 Å². The predicted molar refractivity (Wildman–Crippen MR) is 190 cm³/mol. The molecular weight excluding hydrogens is 670 g/mol. The minimum Gasteiger partial charge on any atom is -0.665 e. The summed E-state index contributed by atoms with van der Waals surface area (Å²) in [5.74, 6) is 0. The van der Waals surface area contributed by atoms with Crippen molar-refractivity contribution in [2.45, 2.75) is 0 Å². The number of benzene rings is 2. The summed E-state index contributed by atoms with van der Waals surface area (Å²) in [5, 5.41) is 27.7. The molecule has 3 aromatic rings. The van der Waals surface area contributed by atoms with E-state index in [9.17, 15) is 0 Å². The third-order valence-corrected chi connectivity index (χ3v) is 7.10. The van der Waals surface area contributed by atoms with E-state index in [1.807, 2.05) is 121 Å². The quantitative estimate of drug-likeness (QED) is 0.172. The number of hydrogen-bond acceptors (Lipinski definition) is 2. The third kappa shape index (κ3) is 7.01. The fraction of sp³-hybridized carbons (Fsp3) is 0. The van der Waals surface area contributed by atoms with E-state index in [1.165, 1.54) is 0 Å². The molecule has 0 atom stereocenters. The Morgan fingerprint density at radius 1 is 0.383 bits per heavy atom. The molecule has 0 saturated carbocycles. The molecule has 7 heterocycles. The van der Waals surface area contributed by atoms with Gasteiger partial charge in [-0.3, -0.25) is 0 Å². The topological polar surface area (TPSA) is 110 Å². The van der Waals surface area contributed by atoms with Crippen LogP contribution in [0.3, 0.4) is 0 Å². The summed E-state index contributed by atoms with van der Waals surface area (Å²) in [6, 6.07) is 7.92. The Bertz CT molecular complexity index is 1980. The average molecular weight is 696 g/mol. The van der Waals surface area contributed by atoms with Crippen LogP contribution < -0.4 is 10.4 Å². The summed E-state index contributed by atoms with van der Waals surface area (Å²) < 4.78 is 0. The summed E-state index contributed by atoms with van der Waals surface area (Å²) in [5.41, 5.74) is 8.94. The van der Waals surface area contributed by atoms with E-state index >= 15 is 0 Å². The number of aromatic nitrogens is 2. The van der Waals surface area contributed by atoms with Crippen molar-refractivity contribution < 1.29 is 19.5 Å². The van der Waals surface area contributed by atoms with Crippen LogP contribution in [0.15, 0.2) is 169 Å². The average Bonchev–Trinajstić information content (AvgIpc) is 3.16. The Kier molecular flexibility index (Phi) is 9.86. The maximum atomic E-state index is 4.83. The first-order chi connectivity index (χ1) is 22.8. The van der Waals surface area contributed by atoms with Crippen LogP contribution in [0.4, 0.5) is 11.4 Å². The molecule has 0 amide bonds. The number of fused-ring (bicyclic) bond motifs is 7. The molecule has 47 heavy (non-hydrogen) atoms. The van der Waals surface area contributed by atoms with Gasteiger partial charge in [-0.05, 0) is 22.6 Å². The first-order valence-corrected chi connectivity index (χ1v) is 14.7. The second kappa shape index (κ2) is 14.9. The maximum Gasteiger partial charge on any atom is 8.00 e. The van der Waals surface area contributed by atoms with Gasteiger partial charge in [-0.15, -0.1) is 11.4 Å². The molecule has 9 rings (SSSR count). The summed E-state index contributed by atoms with van der Waals surface area (Å²) in [6.45, 7) is 0. The number of rotatable bonds is 0. The van der Waals surface area contributed by atoms with Crippen LogP contribution in [0, 0.1) is 0 Å². The van der Waals surface area contributed by atoms with Crippen molar-refractivity contribution in [3.05, 3.63) is 212 Å². The first-order valence-electron chi connectivity index (χ1n) is 14.7. The molecule has 0 spiro atoms. The van der Waals surface area contributed by atoms with Crippen molar-refractivity contribution >= 4 is 45.6 Å². The fourth-order valence-corrected chi connectivity index (χ4v) is 5.00. The van der Waals surface area contributed by atoms with Gasteiger partial charge >= 0.3 is 19.5 Å². The van der Waals surface area contributed by atoms with Gasteiger partial charge < -0.3 is 31.9 Å². The molecule has 0 bridgehead atoms. The minimum atomic E-state index is 0. The van der Waals surface area contributed by atoms with E-state index in [-0.39, 0.29) is 19.5 Å². The standard InChI is InChI=1S/C18H10N4.2C10H8N2.Ru/c1-2-8-14-13(7-1)21-17-11-5-3-9-19-15(11)16-12(18(17)22-14)6-4-10-20-16;2*1-3-7-11-9(5-1)10-6-2-4-8-12-10;/h1-10H;2*1-8H;/q3*-2;+8/b;2*10-9-;. The van der Waals surface area contributed by atoms with Crippen molar-refractivity contribution in [2.24, 2.45) is 0 Å². The normalized spacial score (nSPS) is 19.7. The largest absolute Gasteiger partial charge is 8.00 e. The zero-order chi connectivity index (χ0) is 31.0. The van der Waals surface area contributed by atoms with Crippen LogP contribution in [0.1, 0.15) is 0 Å². The third-order valence-electron chi connectivity index (χ3n) is 7.10. The molecule has 9 heteroatoms. The van der Waals surface area contributed by atoms with Crippen molar-refractivity contribution in [3.8, 4) is 0 Å². The Morgan fingerprint density at radius 3 is 1.04 bits per heavy atom.